The zero-order chi connectivity index (χ0) is 27.4. The Morgan fingerprint density at radius 3 is 2.62 bits per heavy atom. The number of alkyl halides is 3. The predicted molar refractivity (Wildman–Crippen MR) is 133 cm³/mol. The van der Waals surface area contributed by atoms with Crippen LogP contribution in [-0.2, 0) is 30.9 Å². The number of ether oxygens (including phenoxy) is 1. The molecule has 3 heterocycles. The third-order valence-electron chi connectivity index (χ3n) is 5.99. The number of esters is 1. The van der Waals surface area contributed by atoms with Crippen molar-refractivity contribution >= 4 is 51.6 Å². The van der Waals surface area contributed by atoms with Gasteiger partial charge >= 0.3 is 12.1 Å². The van der Waals surface area contributed by atoms with Gasteiger partial charge in [-0.2, -0.15) is 18.3 Å². The van der Waals surface area contributed by atoms with E-state index in [1.807, 2.05) is 0 Å². The first kappa shape index (κ1) is 27.1. The van der Waals surface area contributed by atoms with Crippen LogP contribution >= 0.6 is 39.7 Å². The Hall–Kier alpha value is -2.97. The van der Waals surface area contributed by atoms with E-state index in [1.54, 1.807) is 6.92 Å². The van der Waals surface area contributed by atoms with Gasteiger partial charge in [0.05, 0.1) is 28.7 Å². The van der Waals surface area contributed by atoms with E-state index in [2.05, 4.69) is 26.0 Å². The number of hydrogen-bond acceptors (Lipinski definition) is 6. The van der Waals surface area contributed by atoms with Gasteiger partial charge in [-0.1, -0.05) is 11.6 Å². The van der Waals surface area contributed by atoms with Crippen molar-refractivity contribution in [1.82, 2.24) is 24.2 Å². The highest BCUT2D eigenvalue weighted by Crippen LogP contribution is 2.36. The van der Waals surface area contributed by atoms with Crippen molar-refractivity contribution in [2.24, 2.45) is 7.05 Å². The molecule has 3 aromatic rings. The lowest BCUT2D eigenvalue weighted by Crippen LogP contribution is -2.46. The van der Waals surface area contributed by atoms with Crippen LogP contribution in [-0.4, -0.2) is 49.3 Å². The number of amides is 1. The Balaban J connectivity index is 1.74. The summed E-state index contributed by atoms with van der Waals surface area (Å²) in [4.78, 5) is 43.1. The van der Waals surface area contributed by atoms with E-state index in [0.29, 0.717) is 17.3 Å². The molecule has 1 aromatic carbocycles. The number of aromatic amines is 1. The molecule has 0 unspecified atom stereocenters. The van der Waals surface area contributed by atoms with Crippen LogP contribution in [0.25, 0.3) is 5.82 Å². The molecule has 4 rings (SSSR count). The fraction of sp³-hybridized carbons (Fsp3) is 0.318. The maximum absolute atomic E-state index is 13.5. The minimum Gasteiger partial charge on any atom is -0.464 e. The molecular formula is C22H18BrClF3N5O4S. The maximum atomic E-state index is 13.5. The summed E-state index contributed by atoms with van der Waals surface area (Å²) in [6.45, 7) is 1.59. The van der Waals surface area contributed by atoms with Crippen molar-refractivity contribution in [3.05, 3.63) is 70.9 Å². The summed E-state index contributed by atoms with van der Waals surface area (Å²) < 4.78 is 47.2. The van der Waals surface area contributed by atoms with E-state index < -0.39 is 40.2 Å². The van der Waals surface area contributed by atoms with Crippen LogP contribution in [0.3, 0.4) is 0 Å². The average molecular weight is 621 g/mol. The molecular weight excluding hydrogens is 603 g/mol. The lowest BCUT2D eigenvalue weighted by atomic mass is 9.98. The molecule has 0 saturated carbocycles. The van der Waals surface area contributed by atoms with E-state index in [0.717, 1.165) is 10.6 Å². The molecule has 9 nitrogen and oxygen atoms in total. The van der Waals surface area contributed by atoms with Gasteiger partial charge in [-0.3, -0.25) is 14.3 Å². The molecule has 1 atom stereocenters. The predicted octanol–water partition coefficient (Wildman–Crippen LogP) is 4.44. The molecule has 2 aromatic heterocycles. The summed E-state index contributed by atoms with van der Waals surface area (Å²) in [6.07, 6.45) is -4.63. The van der Waals surface area contributed by atoms with Gasteiger partial charge in [0.25, 0.3) is 11.5 Å². The largest absolute Gasteiger partial charge is 0.464 e. The molecule has 1 amide bonds. The summed E-state index contributed by atoms with van der Waals surface area (Å²) >= 11 is 14.4. The first-order valence-corrected chi connectivity index (χ1v) is 12.2. The molecule has 0 fully saturated rings. The van der Waals surface area contributed by atoms with Crippen LogP contribution in [0.1, 0.15) is 44.6 Å². The minimum atomic E-state index is -4.73. The van der Waals surface area contributed by atoms with Crippen molar-refractivity contribution in [1.29, 1.82) is 0 Å². The fourth-order valence-corrected chi connectivity index (χ4v) is 5.34. The lowest BCUT2D eigenvalue weighted by Gasteiger charge is -2.34. The van der Waals surface area contributed by atoms with Crippen LogP contribution in [0.5, 0.6) is 0 Å². The van der Waals surface area contributed by atoms with Gasteiger partial charge in [-0.15, -0.1) is 0 Å². The molecule has 0 spiro atoms. The Kier molecular flexibility index (Phi) is 7.12. The SMILES string of the molecule is COC(=O)c1c(Br)c(-n2c(=S)[nH]c3c(c2=O)C[C@@H](C)N(C(=O)c2ccc(Cl)c(C(F)(F)F)c2)C3)nn1C. The normalized spacial score (nSPS) is 15.5. The van der Waals surface area contributed by atoms with Crippen LogP contribution in [0.2, 0.25) is 5.02 Å². The molecule has 196 valence electrons. The van der Waals surface area contributed by atoms with E-state index in [9.17, 15) is 27.6 Å². The zero-order valence-electron chi connectivity index (χ0n) is 19.4. The monoisotopic (exact) mass is 619 g/mol. The summed E-state index contributed by atoms with van der Waals surface area (Å²) in [7, 11) is 2.71. The van der Waals surface area contributed by atoms with E-state index in [-0.39, 0.29) is 39.3 Å². The number of carbonyl (C=O) groups excluding carboxylic acids is 2. The Labute approximate surface area is 225 Å². The molecule has 1 aliphatic rings. The Bertz CT molecular complexity index is 1570. The standard InChI is InChI=1S/C22H18BrClF3N5O4S/c1-9-6-11-14(8-31(9)18(33)10-4-5-13(24)12(7-10)22(25,26)27)28-21(37)32(19(11)34)17-15(23)16(20(35)36-3)30(2)29-17/h4-5,7,9H,6,8H2,1-3H3,(H,28,37)/t9-/m1/s1. The number of benzene rings is 1. The molecule has 0 aliphatic carbocycles. The second-order valence-corrected chi connectivity index (χ2v) is 9.89. The van der Waals surface area contributed by atoms with Crippen molar-refractivity contribution < 1.29 is 27.5 Å². The number of carbonyl (C=O) groups is 2. The van der Waals surface area contributed by atoms with Gasteiger partial charge in [-0.05, 0) is 59.7 Å². The van der Waals surface area contributed by atoms with Crippen LogP contribution in [0.4, 0.5) is 13.2 Å². The van der Waals surface area contributed by atoms with Crippen molar-refractivity contribution in [3.8, 4) is 5.82 Å². The molecule has 0 radical (unpaired) electrons. The number of H-pyrrole nitrogens is 1. The molecule has 15 heteroatoms. The average Bonchev–Trinajstić information content (AvgIpc) is 3.11. The first-order chi connectivity index (χ1) is 17.3. The lowest BCUT2D eigenvalue weighted by molar-refractivity contribution is -0.137. The molecule has 1 N–H and O–H groups in total. The summed E-state index contributed by atoms with van der Waals surface area (Å²) in [5.41, 5.74) is -1.05. The fourth-order valence-electron chi connectivity index (χ4n) is 4.14. The summed E-state index contributed by atoms with van der Waals surface area (Å²) in [5, 5.41) is 3.72. The number of nitrogens with one attached hydrogen (secondary N) is 1. The highest BCUT2D eigenvalue weighted by atomic mass is 79.9. The number of fused-ring (bicyclic) bond motifs is 1. The molecule has 0 saturated heterocycles. The molecule has 0 bridgehead atoms. The number of nitrogens with zero attached hydrogens (tertiary/aromatic N) is 4. The molecule has 1 aliphatic heterocycles. The third kappa shape index (κ3) is 4.73. The van der Waals surface area contributed by atoms with Crippen LogP contribution < -0.4 is 5.56 Å². The van der Waals surface area contributed by atoms with Gasteiger partial charge in [0, 0.05) is 29.9 Å². The van der Waals surface area contributed by atoms with E-state index in [1.165, 1.54) is 29.8 Å². The van der Waals surface area contributed by atoms with Gasteiger partial charge in [0.15, 0.2) is 16.3 Å². The number of methoxy groups -OCH3 is 1. The van der Waals surface area contributed by atoms with Crippen LogP contribution in [0.15, 0.2) is 27.5 Å². The number of aryl methyl sites for hydroxylation is 1. The van der Waals surface area contributed by atoms with Crippen LogP contribution in [0, 0.1) is 4.77 Å². The van der Waals surface area contributed by atoms with Gasteiger partial charge in [0.2, 0.25) is 0 Å². The maximum Gasteiger partial charge on any atom is 0.417 e. The van der Waals surface area contributed by atoms with Crippen molar-refractivity contribution in [2.45, 2.75) is 32.1 Å². The summed E-state index contributed by atoms with van der Waals surface area (Å²) in [6, 6.07) is 2.43. The highest BCUT2D eigenvalue weighted by molar-refractivity contribution is 9.10. The number of halogens is 5. The first-order valence-electron chi connectivity index (χ1n) is 10.6. The van der Waals surface area contributed by atoms with E-state index in [4.69, 9.17) is 28.6 Å². The molecule has 37 heavy (non-hydrogen) atoms. The van der Waals surface area contributed by atoms with Crippen molar-refractivity contribution in [2.75, 3.05) is 7.11 Å². The zero-order valence-corrected chi connectivity index (χ0v) is 22.6. The van der Waals surface area contributed by atoms with Gasteiger partial charge < -0.3 is 14.6 Å². The number of aromatic nitrogens is 4. The quantitative estimate of drug-likeness (QED) is 0.343. The minimum absolute atomic E-state index is 0.0493. The Morgan fingerprint density at radius 1 is 1.32 bits per heavy atom. The Morgan fingerprint density at radius 2 is 2.00 bits per heavy atom. The smallest absolute Gasteiger partial charge is 0.417 e. The van der Waals surface area contributed by atoms with Gasteiger partial charge in [0.1, 0.15) is 0 Å². The van der Waals surface area contributed by atoms with Crippen molar-refractivity contribution in [3.63, 3.8) is 0 Å². The number of hydrogen-bond donors (Lipinski definition) is 1. The third-order valence-corrected chi connectivity index (χ3v) is 7.33. The second kappa shape index (κ2) is 9.72. The van der Waals surface area contributed by atoms with E-state index >= 15 is 0 Å². The number of rotatable bonds is 3. The second-order valence-electron chi connectivity index (χ2n) is 8.31. The summed E-state index contributed by atoms with van der Waals surface area (Å²) in [5.74, 6) is -1.25. The van der Waals surface area contributed by atoms with Gasteiger partial charge in [-0.25, -0.2) is 9.36 Å². The highest BCUT2D eigenvalue weighted by Gasteiger charge is 2.36. The topological polar surface area (TPSA) is 102 Å².